The van der Waals surface area contributed by atoms with E-state index in [0.717, 1.165) is 25.7 Å². The summed E-state index contributed by atoms with van der Waals surface area (Å²) < 4.78 is 23.1. The lowest BCUT2D eigenvalue weighted by atomic mass is 10.0. The molecule has 1 N–H and O–H groups in total. The van der Waals surface area contributed by atoms with Crippen molar-refractivity contribution < 1.29 is 13.2 Å². The number of unbranched alkanes of at least 4 members (excludes halogenated alkanes) is 1. The van der Waals surface area contributed by atoms with Gasteiger partial charge in [-0.15, -0.1) is 0 Å². The maximum Gasteiger partial charge on any atom is 0.222 e. The number of hydrogen-bond acceptors (Lipinski definition) is 3. The van der Waals surface area contributed by atoms with Crippen LogP contribution in [-0.4, -0.2) is 31.9 Å². The fraction of sp³-hybridized carbons (Fsp3) is 0.917. The van der Waals surface area contributed by atoms with Gasteiger partial charge in [-0.3, -0.25) is 4.79 Å². The lowest BCUT2D eigenvalue weighted by Crippen LogP contribution is -2.37. The average molecular weight is 261 g/mol. The smallest absolute Gasteiger partial charge is 0.222 e. The zero-order chi connectivity index (χ0) is 12.9. The van der Waals surface area contributed by atoms with Crippen LogP contribution in [0.25, 0.3) is 0 Å². The van der Waals surface area contributed by atoms with Crippen molar-refractivity contribution >= 4 is 15.7 Å². The molecule has 0 spiro atoms. The second kappa shape index (κ2) is 6.38. The minimum atomic E-state index is -2.94. The molecule has 1 saturated heterocycles. The first-order chi connectivity index (χ1) is 7.97. The van der Waals surface area contributed by atoms with E-state index in [1.54, 1.807) is 0 Å². The second-order valence-corrected chi connectivity index (χ2v) is 7.32. The van der Waals surface area contributed by atoms with Gasteiger partial charge in [0.25, 0.3) is 0 Å². The maximum atomic E-state index is 11.7. The zero-order valence-corrected chi connectivity index (χ0v) is 11.6. The molecule has 4 nitrogen and oxygen atoms in total. The summed E-state index contributed by atoms with van der Waals surface area (Å²) in [4.78, 5) is 11.7. The number of nitrogens with one attached hydrogen (secondary N) is 1. The van der Waals surface area contributed by atoms with Crippen LogP contribution in [-0.2, 0) is 14.6 Å². The Morgan fingerprint density at radius 3 is 2.71 bits per heavy atom. The van der Waals surface area contributed by atoms with Gasteiger partial charge in [0.15, 0.2) is 9.84 Å². The predicted molar refractivity (Wildman–Crippen MR) is 68.5 cm³/mol. The van der Waals surface area contributed by atoms with Crippen LogP contribution in [0, 0.1) is 5.92 Å². The third-order valence-electron chi connectivity index (χ3n) is 3.41. The minimum Gasteiger partial charge on any atom is -0.355 e. The summed E-state index contributed by atoms with van der Waals surface area (Å²) in [6.45, 7) is 4.28. The van der Waals surface area contributed by atoms with E-state index in [2.05, 4.69) is 12.2 Å². The summed E-state index contributed by atoms with van der Waals surface area (Å²) >= 11 is 0. The van der Waals surface area contributed by atoms with Crippen LogP contribution in [0.4, 0.5) is 0 Å². The zero-order valence-electron chi connectivity index (χ0n) is 10.7. The Morgan fingerprint density at radius 1 is 1.47 bits per heavy atom. The summed E-state index contributed by atoms with van der Waals surface area (Å²) in [6.07, 6.45) is 4.41. The predicted octanol–water partition coefficient (Wildman–Crippen LogP) is 1.51. The number of amides is 1. The Morgan fingerprint density at radius 2 is 2.18 bits per heavy atom. The van der Waals surface area contributed by atoms with Gasteiger partial charge in [0, 0.05) is 12.5 Å². The molecule has 0 bridgehead atoms. The van der Waals surface area contributed by atoms with Gasteiger partial charge in [0.05, 0.1) is 11.0 Å². The Labute approximate surface area is 104 Å². The van der Waals surface area contributed by atoms with Crippen molar-refractivity contribution in [1.82, 2.24) is 5.32 Å². The molecule has 2 atom stereocenters. The highest BCUT2D eigenvalue weighted by Crippen LogP contribution is 2.19. The Bertz CT molecular complexity index is 351. The molecule has 0 aromatic heterocycles. The van der Waals surface area contributed by atoms with Crippen molar-refractivity contribution in [2.75, 3.05) is 12.3 Å². The highest BCUT2D eigenvalue weighted by molar-refractivity contribution is 7.92. The average Bonchev–Trinajstić information content (AvgIpc) is 2.62. The van der Waals surface area contributed by atoms with Crippen LogP contribution in [0.3, 0.4) is 0 Å². The van der Waals surface area contributed by atoms with Crippen molar-refractivity contribution in [2.24, 2.45) is 5.92 Å². The number of rotatable bonds is 6. The molecule has 5 heteroatoms. The molecule has 2 unspecified atom stereocenters. The number of hydrogen-bond donors (Lipinski definition) is 1. The molecular weight excluding hydrogens is 238 g/mol. The summed E-state index contributed by atoms with van der Waals surface area (Å²) in [6, 6.07) is 0. The van der Waals surface area contributed by atoms with Gasteiger partial charge >= 0.3 is 0 Å². The van der Waals surface area contributed by atoms with E-state index in [1.165, 1.54) is 0 Å². The number of sulfone groups is 1. The van der Waals surface area contributed by atoms with Crippen LogP contribution in [0.15, 0.2) is 0 Å². The van der Waals surface area contributed by atoms with E-state index in [4.69, 9.17) is 0 Å². The Balaban J connectivity index is 2.33. The van der Waals surface area contributed by atoms with E-state index >= 15 is 0 Å². The fourth-order valence-electron chi connectivity index (χ4n) is 2.12. The van der Waals surface area contributed by atoms with Crippen molar-refractivity contribution in [1.29, 1.82) is 0 Å². The third-order valence-corrected chi connectivity index (χ3v) is 5.68. The van der Waals surface area contributed by atoms with E-state index in [9.17, 15) is 13.2 Å². The molecule has 1 fully saturated rings. The van der Waals surface area contributed by atoms with Crippen molar-refractivity contribution in [3.63, 3.8) is 0 Å². The normalized spacial score (nSPS) is 24.5. The van der Waals surface area contributed by atoms with Gasteiger partial charge in [-0.25, -0.2) is 8.42 Å². The molecule has 0 aromatic carbocycles. The van der Waals surface area contributed by atoms with Crippen molar-refractivity contribution in [2.45, 2.75) is 51.2 Å². The molecule has 0 saturated carbocycles. The van der Waals surface area contributed by atoms with E-state index < -0.39 is 9.84 Å². The highest BCUT2D eigenvalue weighted by Gasteiger charge is 2.31. The largest absolute Gasteiger partial charge is 0.355 e. The molecule has 0 radical (unpaired) electrons. The van der Waals surface area contributed by atoms with E-state index in [-0.39, 0.29) is 29.4 Å². The maximum absolute atomic E-state index is 11.7. The monoisotopic (exact) mass is 261 g/mol. The lowest BCUT2D eigenvalue weighted by Gasteiger charge is -2.14. The van der Waals surface area contributed by atoms with Gasteiger partial charge in [-0.1, -0.05) is 26.7 Å². The van der Waals surface area contributed by atoms with E-state index in [0.29, 0.717) is 6.42 Å². The lowest BCUT2D eigenvalue weighted by molar-refractivity contribution is -0.124. The van der Waals surface area contributed by atoms with Gasteiger partial charge < -0.3 is 5.32 Å². The third kappa shape index (κ3) is 4.30. The van der Waals surface area contributed by atoms with Crippen LogP contribution >= 0.6 is 0 Å². The molecule has 1 aliphatic rings. The molecule has 100 valence electrons. The van der Waals surface area contributed by atoms with Gasteiger partial charge in [0.2, 0.25) is 5.91 Å². The first-order valence-corrected chi connectivity index (χ1v) is 8.18. The van der Waals surface area contributed by atoms with Crippen molar-refractivity contribution in [3.05, 3.63) is 0 Å². The molecule has 1 rings (SSSR count). The van der Waals surface area contributed by atoms with Crippen LogP contribution in [0.5, 0.6) is 0 Å². The summed E-state index contributed by atoms with van der Waals surface area (Å²) in [7, 11) is -2.94. The molecule has 0 aliphatic carbocycles. The molecule has 1 heterocycles. The SMILES string of the molecule is CCCCC(C)C(=O)NCC1CCCS1(=O)=O. The topological polar surface area (TPSA) is 63.2 Å². The number of carbonyl (C=O) groups excluding carboxylic acids is 1. The standard InChI is InChI=1S/C12H23NO3S/c1-3-4-6-10(2)12(14)13-9-11-7-5-8-17(11,15)16/h10-11H,3-9H2,1-2H3,(H,13,14). The summed E-state index contributed by atoms with van der Waals surface area (Å²) in [5, 5.41) is 2.41. The van der Waals surface area contributed by atoms with Gasteiger partial charge in [-0.05, 0) is 19.3 Å². The first kappa shape index (κ1) is 14.5. The van der Waals surface area contributed by atoms with Crippen LogP contribution in [0.2, 0.25) is 0 Å². The molecule has 1 amide bonds. The van der Waals surface area contributed by atoms with Gasteiger partial charge in [-0.2, -0.15) is 0 Å². The summed E-state index contributed by atoms with van der Waals surface area (Å²) in [5.41, 5.74) is 0. The first-order valence-electron chi connectivity index (χ1n) is 6.46. The Kier molecular flexibility index (Phi) is 5.43. The van der Waals surface area contributed by atoms with Crippen LogP contribution < -0.4 is 5.32 Å². The fourth-order valence-corrected chi connectivity index (χ4v) is 3.88. The number of carbonyl (C=O) groups is 1. The highest BCUT2D eigenvalue weighted by atomic mass is 32.2. The van der Waals surface area contributed by atoms with Crippen LogP contribution in [0.1, 0.15) is 46.0 Å². The molecule has 17 heavy (non-hydrogen) atoms. The Hall–Kier alpha value is -0.580. The van der Waals surface area contributed by atoms with Gasteiger partial charge in [0.1, 0.15) is 0 Å². The minimum absolute atomic E-state index is 0.0134. The quantitative estimate of drug-likeness (QED) is 0.788. The molecular formula is C12H23NO3S. The molecule has 0 aromatic rings. The second-order valence-electron chi connectivity index (χ2n) is 4.92. The van der Waals surface area contributed by atoms with E-state index in [1.807, 2.05) is 6.92 Å². The molecule has 1 aliphatic heterocycles. The summed E-state index contributed by atoms with van der Waals surface area (Å²) in [5.74, 6) is 0.249. The van der Waals surface area contributed by atoms with Crippen molar-refractivity contribution in [3.8, 4) is 0 Å².